The van der Waals surface area contributed by atoms with Crippen molar-refractivity contribution in [3.8, 4) is 0 Å². The predicted molar refractivity (Wildman–Crippen MR) is 125 cm³/mol. The number of carbonyl (C=O) groups is 1. The second-order valence-corrected chi connectivity index (χ2v) is 10.0. The smallest absolute Gasteiger partial charge is 0.352 e. The number of amides is 1. The maximum Gasteiger partial charge on any atom is 0.416 e. The number of fused-ring (bicyclic) bond motifs is 1. The van der Waals surface area contributed by atoms with Crippen LogP contribution in [-0.4, -0.2) is 47.4 Å². The average Bonchev–Trinajstić information content (AvgIpc) is 3.15. The summed E-state index contributed by atoms with van der Waals surface area (Å²) < 4.78 is 38.7. The Hall–Kier alpha value is -2.45. The molecule has 5 nitrogen and oxygen atoms in total. The van der Waals surface area contributed by atoms with Gasteiger partial charge in [-0.25, -0.2) is 0 Å². The number of halogens is 3. The Morgan fingerprint density at radius 2 is 1.85 bits per heavy atom. The average molecular weight is 475 g/mol. The first-order valence-electron chi connectivity index (χ1n) is 12.0. The molecule has 2 aliphatic rings. The van der Waals surface area contributed by atoms with E-state index in [1.807, 2.05) is 6.07 Å². The van der Waals surface area contributed by atoms with Crippen molar-refractivity contribution in [2.75, 3.05) is 26.7 Å². The molecule has 34 heavy (non-hydrogen) atoms. The molecule has 1 aromatic carbocycles. The molecular formula is C26H33F3N4O. The Morgan fingerprint density at radius 1 is 1.18 bits per heavy atom. The number of hydrogen-bond donors (Lipinski definition) is 1. The first-order valence-corrected chi connectivity index (χ1v) is 12.0. The van der Waals surface area contributed by atoms with Crippen molar-refractivity contribution < 1.29 is 18.0 Å². The van der Waals surface area contributed by atoms with E-state index >= 15 is 0 Å². The van der Waals surface area contributed by atoms with Crippen molar-refractivity contribution in [3.05, 3.63) is 64.5 Å². The molecule has 0 bridgehead atoms. The number of benzene rings is 1. The first-order chi connectivity index (χ1) is 16.1. The van der Waals surface area contributed by atoms with Gasteiger partial charge in [0.05, 0.1) is 22.9 Å². The molecule has 1 N–H and O–H groups in total. The Bertz CT molecular complexity index is 998. The van der Waals surface area contributed by atoms with E-state index in [4.69, 9.17) is 0 Å². The van der Waals surface area contributed by atoms with Gasteiger partial charge in [-0.1, -0.05) is 26.0 Å². The van der Waals surface area contributed by atoms with Crippen LogP contribution in [0.2, 0.25) is 0 Å². The second kappa shape index (κ2) is 10.0. The molecule has 0 saturated carbocycles. The fraction of sp³-hybridized carbons (Fsp3) is 0.538. The summed E-state index contributed by atoms with van der Waals surface area (Å²) >= 11 is 0. The lowest BCUT2D eigenvalue weighted by Crippen LogP contribution is -2.36. The number of likely N-dealkylation sites (tertiary alicyclic amines) is 1. The van der Waals surface area contributed by atoms with E-state index in [0.29, 0.717) is 31.1 Å². The van der Waals surface area contributed by atoms with Crippen molar-refractivity contribution in [1.82, 2.24) is 20.1 Å². The minimum Gasteiger partial charge on any atom is -0.352 e. The molecule has 1 atom stereocenters. The molecule has 3 heterocycles. The second-order valence-electron chi connectivity index (χ2n) is 10.0. The van der Waals surface area contributed by atoms with Crippen LogP contribution in [0.1, 0.15) is 65.5 Å². The highest BCUT2D eigenvalue weighted by molar-refractivity contribution is 5.94. The highest BCUT2D eigenvalue weighted by atomic mass is 19.4. The third-order valence-corrected chi connectivity index (χ3v) is 7.00. The van der Waals surface area contributed by atoms with Crippen LogP contribution in [0.4, 0.5) is 13.2 Å². The van der Waals surface area contributed by atoms with Gasteiger partial charge < -0.3 is 10.2 Å². The molecule has 0 spiro atoms. The van der Waals surface area contributed by atoms with E-state index in [1.165, 1.54) is 0 Å². The lowest BCUT2D eigenvalue weighted by atomic mass is 9.97. The van der Waals surface area contributed by atoms with Gasteiger partial charge in [-0.05, 0) is 74.1 Å². The minimum atomic E-state index is -4.34. The zero-order valence-electron chi connectivity index (χ0n) is 20.0. The molecule has 1 amide bonds. The number of piperidine rings is 1. The van der Waals surface area contributed by atoms with Gasteiger partial charge in [-0.3, -0.25) is 14.7 Å². The van der Waals surface area contributed by atoms with Gasteiger partial charge in [0.25, 0.3) is 5.91 Å². The topological polar surface area (TPSA) is 48.5 Å². The molecule has 0 unspecified atom stereocenters. The Kier molecular flexibility index (Phi) is 7.28. The summed E-state index contributed by atoms with van der Waals surface area (Å²) in [6, 6.07) is 7.32. The third kappa shape index (κ3) is 5.61. The van der Waals surface area contributed by atoms with E-state index < -0.39 is 11.7 Å². The number of carbonyl (C=O) groups excluding carboxylic acids is 1. The largest absolute Gasteiger partial charge is 0.416 e. The highest BCUT2D eigenvalue weighted by Gasteiger charge is 2.35. The molecule has 1 aromatic heterocycles. The molecule has 4 rings (SSSR count). The van der Waals surface area contributed by atoms with Crippen LogP contribution in [-0.2, 0) is 19.3 Å². The van der Waals surface area contributed by atoms with Gasteiger partial charge in [0.1, 0.15) is 0 Å². The van der Waals surface area contributed by atoms with Crippen LogP contribution in [0.5, 0.6) is 0 Å². The summed E-state index contributed by atoms with van der Waals surface area (Å²) in [7, 11) is 2.12. The predicted octanol–water partition coefficient (Wildman–Crippen LogP) is 4.88. The lowest BCUT2D eigenvalue weighted by molar-refractivity contribution is -0.137. The van der Waals surface area contributed by atoms with E-state index in [2.05, 4.69) is 41.0 Å². The summed E-state index contributed by atoms with van der Waals surface area (Å²) in [5.74, 6) is 0.677. The van der Waals surface area contributed by atoms with Crippen LogP contribution in [0.15, 0.2) is 36.5 Å². The van der Waals surface area contributed by atoms with Gasteiger partial charge in [-0.15, -0.1) is 0 Å². The van der Waals surface area contributed by atoms with Crippen molar-refractivity contribution in [2.24, 2.45) is 11.8 Å². The van der Waals surface area contributed by atoms with E-state index in [0.717, 1.165) is 54.9 Å². The van der Waals surface area contributed by atoms with Crippen LogP contribution in [0.25, 0.3) is 0 Å². The zero-order valence-corrected chi connectivity index (χ0v) is 20.0. The third-order valence-electron chi connectivity index (χ3n) is 7.00. The maximum absolute atomic E-state index is 12.9. The van der Waals surface area contributed by atoms with Crippen molar-refractivity contribution in [1.29, 1.82) is 0 Å². The zero-order chi connectivity index (χ0) is 24.5. The monoisotopic (exact) mass is 474 g/mol. The number of nitrogens with one attached hydrogen (secondary N) is 1. The standard InChI is InChI=1S/C26H33F3N4O/c1-17(2)24-23-21(16-33(24)15-19-4-6-22(7-5-19)26(27,28)29)12-20(14-30-23)25(34)31-13-18-8-10-32(3)11-9-18/h4-7,12,14,17-18,24H,8-11,13,15-16H2,1-3H3,(H,31,34)/t24-/m0/s1. The van der Waals surface area contributed by atoms with Crippen LogP contribution >= 0.6 is 0 Å². The van der Waals surface area contributed by atoms with Gasteiger partial charge in [0.15, 0.2) is 0 Å². The maximum atomic E-state index is 12.9. The molecule has 2 aliphatic heterocycles. The Morgan fingerprint density at radius 3 is 2.47 bits per heavy atom. The van der Waals surface area contributed by atoms with Gasteiger partial charge >= 0.3 is 6.18 Å². The van der Waals surface area contributed by atoms with E-state index in [-0.39, 0.29) is 17.9 Å². The first kappa shape index (κ1) is 24.7. The molecule has 1 saturated heterocycles. The summed E-state index contributed by atoms with van der Waals surface area (Å²) in [4.78, 5) is 22.0. The van der Waals surface area contributed by atoms with E-state index in [1.54, 1.807) is 18.3 Å². The Balaban J connectivity index is 1.43. The van der Waals surface area contributed by atoms with Crippen LogP contribution in [0, 0.1) is 11.8 Å². The quantitative estimate of drug-likeness (QED) is 0.648. The van der Waals surface area contributed by atoms with Gasteiger partial charge in [-0.2, -0.15) is 13.2 Å². The SMILES string of the molecule is CC(C)[C@H]1c2ncc(C(=O)NCC3CCN(C)CC3)cc2CN1Cc1ccc(C(F)(F)F)cc1. The lowest BCUT2D eigenvalue weighted by Gasteiger charge is -2.28. The van der Waals surface area contributed by atoms with Crippen LogP contribution in [0.3, 0.4) is 0 Å². The number of pyridine rings is 1. The molecule has 0 aliphatic carbocycles. The molecular weight excluding hydrogens is 441 g/mol. The number of alkyl halides is 3. The Labute approximate surface area is 199 Å². The molecule has 2 aromatic rings. The molecule has 8 heteroatoms. The van der Waals surface area contributed by atoms with Crippen molar-refractivity contribution in [3.63, 3.8) is 0 Å². The summed E-state index contributed by atoms with van der Waals surface area (Å²) in [6.45, 7) is 8.17. The fourth-order valence-electron chi connectivity index (χ4n) is 5.06. The molecule has 1 fully saturated rings. The number of nitrogens with zero attached hydrogens (tertiary/aromatic N) is 3. The number of aromatic nitrogens is 1. The molecule has 184 valence electrons. The van der Waals surface area contributed by atoms with Crippen LogP contribution < -0.4 is 5.32 Å². The summed E-state index contributed by atoms with van der Waals surface area (Å²) in [6.07, 6.45) is -0.501. The normalized spacial score (nSPS) is 20.0. The highest BCUT2D eigenvalue weighted by Crippen LogP contribution is 2.39. The van der Waals surface area contributed by atoms with Crippen molar-refractivity contribution in [2.45, 2.75) is 52.0 Å². The number of rotatable bonds is 6. The fourth-order valence-corrected chi connectivity index (χ4v) is 5.06. The summed E-state index contributed by atoms with van der Waals surface area (Å²) in [5, 5.41) is 3.07. The van der Waals surface area contributed by atoms with E-state index in [9.17, 15) is 18.0 Å². The minimum absolute atomic E-state index is 0.0497. The van der Waals surface area contributed by atoms with Crippen molar-refractivity contribution >= 4 is 5.91 Å². The van der Waals surface area contributed by atoms with Gasteiger partial charge in [0, 0.05) is 25.8 Å². The van der Waals surface area contributed by atoms with Gasteiger partial charge in [0.2, 0.25) is 0 Å². The molecule has 0 radical (unpaired) electrons. The number of hydrogen-bond acceptors (Lipinski definition) is 4. The summed E-state index contributed by atoms with van der Waals surface area (Å²) in [5.41, 5.74) is 2.71.